The van der Waals surface area contributed by atoms with Gasteiger partial charge in [-0.3, -0.25) is 9.59 Å². The topological polar surface area (TPSA) is 69.6 Å². The third kappa shape index (κ3) is 2.49. The first-order valence-corrected chi connectivity index (χ1v) is 6.50. The molecule has 16 heavy (non-hydrogen) atoms. The molecule has 0 radical (unpaired) electrons. The number of piperazine rings is 1. The number of carbonyl (C=O) groups excluding carboxylic acids is 1. The number of amides is 1. The Morgan fingerprint density at radius 1 is 1.19 bits per heavy atom. The smallest absolute Gasteiger partial charge is 0.316 e. The molecule has 1 amide bonds. The summed E-state index contributed by atoms with van der Waals surface area (Å²) in [4.78, 5) is 24.7. The Balaban J connectivity index is 1.88. The quantitative estimate of drug-likeness (QED) is 0.702. The summed E-state index contributed by atoms with van der Waals surface area (Å²) in [6.45, 7) is 3.16. The molecule has 0 saturated carbocycles. The molecule has 5 nitrogen and oxygen atoms in total. The summed E-state index contributed by atoms with van der Waals surface area (Å²) in [6, 6.07) is 0. The molecule has 6 heteroatoms. The van der Waals surface area contributed by atoms with Gasteiger partial charge >= 0.3 is 5.97 Å². The van der Waals surface area contributed by atoms with Crippen molar-refractivity contribution < 1.29 is 14.7 Å². The van der Waals surface area contributed by atoms with Crippen molar-refractivity contribution in [1.82, 2.24) is 10.2 Å². The fraction of sp³-hybridized carbons (Fsp3) is 0.800. The number of carboxylic acids is 1. The summed E-state index contributed by atoms with van der Waals surface area (Å²) in [5, 5.41) is 11.5. The van der Waals surface area contributed by atoms with E-state index in [4.69, 9.17) is 5.11 Å². The number of thioether (sulfide) groups is 1. The van der Waals surface area contributed by atoms with Gasteiger partial charge in [0, 0.05) is 26.2 Å². The predicted octanol–water partition coefficient (Wildman–Crippen LogP) is -0.233. The van der Waals surface area contributed by atoms with Gasteiger partial charge in [-0.2, -0.15) is 0 Å². The van der Waals surface area contributed by atoms with E-state index in [9.17, 15) is 9.59 Å². The van der Waals surface area contributed by atoms with E-state index in [-0.39, 0.29) is 11.2 Å². The molecule has 2 atom stereocenters. The highest BCUT2D eigenvalue weighted by molar-refractivity contribution is 8.02. The molecule has 0 aromatic heterocycles. The molecule has 2 fully saturated rings. The van der Waals surface area contributed by atoms with E-state index in [0.29, 0.717) is 12.8 Å². The van der Waals surface area contributed by atoms with Gasteiger partial charge in [0.05, 0.1) is 5.25 Å². The minimum atomic E-state index is -0.791. The number of carbonyl (C=O) groups is 2. The summed E-state index contributed by atoms with van der Waals surface area (Å²) in [5.74, 6) is -0.670. The van der Waals surface area contributed by atoms with Gasteiger partial charge < -0.3 is 15.3 Å². The van der Waals surface area contributed by atoms with Gasteiger partial charge in [-0.15, -0.1) is 11.8 Å². The second-order valence-corrected chi connectivity index (χ2v) is 5.51. The Kier molecular flexibility index (Phi) is 3.70. The molecule has 2 aliphatic heterocycles. The van der Waals surface area contributed by atoms with Crippen molar-refractivity contribution in [2.75, 3.05) is 26.2 Å². The maximum Gasteiger partial charge on any atom is 0.316 e. The van der Waals surface area contributed by atoms with Crippen LogP contribution in [0, 0.1) is 0 Å². The van der Waals surface area contributed by atoms with Gasteiger partial charge in [-0.05, 0) is 12.8 Å². The van der Waals surface area contributed by atoms with E-state index < -0.39 is 11.2 Å². The van der Waals surface area contributed by atoms with E-state index in [1.807, 2.05) is 4.90 Å². The number of nitrogens with zero attached hydrogens (tertiary/aromatic N) is 1. The number of aliphatic carboxylic acids is 1. The summed E-state index contributed by atoms with van der Waals surface area (Å²) < 4.78 is 0. The maximum atomic E-state index is 12.1. The van der Waals surface area contributed by atoms with E-state index in [2.05, 4.69) is 5.32 Å². The molecule has 2 aliphatic rings. The second-order valence-electron chi connectivity index (χ2n) is 4.10. The van der Waals surface area contributed by atoms with Crippen molar-refractivity contribution in [2.45, 2.75) is 23.3 Å². The highest BCUT2D eigenvalue weighted by Gasteiger charge is 2.36. The predicted molar refractivity (Wildman–Crippen MR) is 61.5 cm³/mol. The normalized spacial score (nSPS) is 30.4. The van der Waals surface area contributed by atoms with Crippen LogP contribution in [0.3, 0.4) is 0 Å². The lowest BCUT2D eigenvalue weighted by atomic mass is 10.1. The Morgan fingerprint density at radius 3 is 2.38 bits per heavy atom. The molecule has 0 unspecified atom stereocenters. The van der Waals surface area contributed by atoms with Gasteiger partial charge in [0.15, 0.2) is 0 Å². The minimum Gasteiger partial charge on any atom is -0.480 e. The zero-order chi connectivity index (χ0) is 11.5. The number of hydrogen-bond acceptors (Lipinski definition) is 4. The largest absolute Gasteiger partial charge is 0.480 e. The number of carboxylic acid groups (broad SMARTS) is 1. The van der Waals surface area contributed by atoms with Crippen molar-refractivity contribution in [3.8, 4) is 0 Å². The summed E-state index contributed by atoms with van der Waals surface area (Å²) in [7, 11) is 0. The van der Waals surface area contributed by atoms with Crippen molar-refractivity contribution in [2.24, 2.45) is 0 Å². The molecule has 2 heterocycles. The molecule has 0 aromatic carbocycles. The molecule has 90 valence electrons. The third-order valence-corrected chi connectivity index (χ3v) is 4.53. The van der Waals surface area contributed by atoms with E-state index in [1.165, 1.54) is 11.8 Å². The van der Waals surface area contributed by atoms with Crippen LogP contribution in [0.25, 0.3) is 0 Å². The van der Waals surface area contributed by atoms with Crippen LogP contribution in [-0.2, 0) is 9.59 Å². The first-order valence-electron chi connectivity index (χ1n) is 5.56. The Bertz CT molecular complexity index is 292. The number of rotatable bonds is 2. The lowest BCUT2D eigenvalue weighted by molar-refractivity contribution is -0.136. The fourth-order valence-electron chi connectivity index (χ4n) is 2.09. The van der Waals surface area contributed by atoms with Crippen molar-refractivity contribution in [1.29, 1.82) is 0 Å². The molecular weight excluding hydrogens is 228 g/mol. The van der Waals surface area contributed by atoms with Crippen molar-refractivity contribution >= 4 is 23.6 Å². The van der Waals surface area contributed by atoms with E-state index in [0.717, 1.165) is 26.2 Å². The van der Waals surface area contributed by atoms with Crippen LogP contribution in [0.15, 0.2) is 0 Å². The second kappa shape index (κ2) is 5.05. The van der Waals surface area contributed by atoms with E-state index in [1.54, 1.807) is 0 Å². The lowest BCUT2D eigenvalue weighted by Crippen LogP contribution is -2.48. The Morgan fingerprint density at radius 2 is 1.81 bits per heavy atom. The van der Waals surface area contributed by atoms with E-state index >= 15 is 0 Å². The van der Waals surface area contributed by atoms with Crippen molar-refractivity contribution in [3.05, 3.63) is 0 Å². The summed E-state index contributed by atoms with van der Waals surface area (Å²) >= 11 is 1.31. The van der Waals surface area contributed by atoms with Crippen LogP contribution >= 0.6 is 11.8 Å². The molecule has 2 rings (SSSR count). The van der Waals surface area contributed by atoms with Crippen LogP contribution in [0.5, 0.6) is 0 Å². The molecule has 0 bridgehead atoms. The first-order chi connectivity index (χ1) is 7.68. The van der Waals surface area contributed by atoms with Crippen LogP contribution < -0.4 is 5.32 Å². The van der Waals surface area contributed by atoms with Crippen molar-refractivity contribution in [3.63, 3.8) is 0 Å². The molecular formula is C10H16N2O3S. The van der Waals surface area contributed by atoms with Gasteiger partial charge in [-0.25, -0.2) is 0 Å². The molecule has 2 saturated heterocycles. The molecule has 0 aliphatic carbocycles. The summed E-state index contributed by atoms with van der Waals surface area (Å²) in [6.07, 6.45) is 1.31. The number of hydrogen-bond donors (Lipinski definition) is 2. The van der Waals surface area contributed by atoms with Crippen LogP contribution in [-0.4, -0.2) is 58.6 Å². The van der Waals surface area contributed by atoms with Gasteiger partial charge in [-0.1, -0.05) is 0 Å². The maximum absolute atomic E-state index is 12.1. The van der Waals surface area contributed by atoms with Gasteiger partial charge in [0.25, 0.3) is 0 Å². The van der Waals surface area contributed by atoms with Crippen LogP contribution in [0.4, 0.5) is 0 Å². The third-order valence-electron chi connectivity index (χ3n) is 3.00. The Hall–Kier alpha value is -0.750. The van der Waals surface area contributed by atoms with Gasteiger partial charge in [0.2, 0.25) is 5.91 Å². The standard InChI is InChI=1S/C10H16N2O3S/c13-9(12-5-3-11-4-6-12)7-1-2-8(16-7)10(14)15/h7-8,11H,1-6H2,(H,14,15)/t7-,8-/m0/s1. The Labute approximate surface area is 98.6 Å². The highest BCUT2D eigenvalue weighted by Crippen LogP contribution is 2.34. The summed E-state index contributed by atoms with van der Waals surface area (Å²) in [5.41, 5.74) is 0. The SMILES string of the molecule is O=C(O)[C@@H]1CC[C@@H](C(=O)N2CCNCC2)S1. The molecule has 2 N–H and O–H groups in total. The molecule has 0 spiro atoms. The average molecular weight is 244 g/mol. The highest BCUT2D eigenvalue weighted by atomic mass is 32.2. The fourth-order valence-corrected chi connectivity index (χ4v) is 3.41. The number of nitrogens with one attached hydrogen (secondary N) is 1. The first kappa shape index (κ1) is 11.7. The zero-order valence-corrected chi connectivity index (χ0v) is 9.83. The van der Waals surface area contributed by atoms with Crippen LogP contribution in [0.1, 0.15) is 12.8 Å². The molecule has 0 aromatic rings. The zero-order valence-electron chi connectivity index (χ0n) is 9.02. The van der Waals surface area contributed by atoms with Crippen LogP contribution in [0.2, 0.25) is 0 Å². The monoisotopic (exact) mass is 244 g/mol. The van der Waals surface area contributed by atoms with Gasteiger partial charge in [0.1, 0.15) is 5.25 Å². The minimum absolute atomic E-state index is 0.121. The average Bonchev–Trinajstić information content (AvgIpc) is 2.78. The lowest BCUT2D eigenvalue weighted by Gasteiger charge is -2.29.